The third-order valence-electron chi connectivity index (χ3n) is 5.46. The Morgan fingerprint density at radius 3 is 2.33 bits per heavy atom. The van der Waals surface area contributed by atoms with Gasteiger partial charge in [0, 0.05) is 18.5 Å². The van der Waals surface area contributed by atoms with Gasteiger partial charge in [0.1, 0.15) is 12.4 Å². The van der Waals surface area contributed by atoms with E-state index in [9.17, 15) is 9.90 Å². The molecule has 0 fully saturated rings. The molecule has 0 aromatic heterocycles. The highest BCUT2D eigenvalue weighted by Crippen LogP contribution is 2.26. The van der Waals surface area contributed by atoms with Crippen molar-refractivity contribution in [3.8, 4) is 5.75 Å². The van der Waals surface area contributed by atoms with Crippen molar-refractivity contribution >= 4 is 22.8 Å². The van der Waals surface area contributed by atoms with Gasteiger partial charge in [-0.25, -0.2) is 4.79 Å². The Morgan fingerprint density at radius 2 is 1.58 bits per heavy atom. The third kappa shape index (κ3) is 6.09. The Morgan fingerprint density at radius 1 is 0.879 bits per heavy atom. The van der Waals surface area contributed by atoms with E-state index in [2.05, 4.69) is 48.4 Å². The van der Waals surface area contributed by atoms with Crippen molar-refractivity contribution < 1.29 is 14.6 Å². The van der Waals surface area contributed by atoms with Crippen LogP contribution < -0.4 is 4.74 Å². The molecule has 0 bridgehead atoms. The second-order valence-corrected chi connectivity index (χ2v) is 8.15. The first-order chi connectivity index (χ1) is 16.1. The van der Waals surface area contributed by atoms with E-state index in [0.29, 0.717) is 6.61 Å². The molecule has 4 rings (SSSR count). The number of benzene rings is 4. The Kier molecular flexibility index (Phi) is 7.18. The van der Waals surface area contributed by atoms with Crippen molar-refractivity contribution in [3.63, 3.8) is 0 Å². The van der Waals surface area contributed by atoms with Gasteiger partial charge in [-0.3, -0.25) is 4.90 Å². The molecule has 0 saturated heterocycles. The molecule has 0 amide bonds. The van der Waals surface area contributed by atoms with Gasteiger partial charge in [0.05, 0.1) is 5.56 Å². The molecule has 0 atom stereocenters. The number of nitrogens with zero attached hydrogens (tertiary/aromatic N) is 1. The summed E-state index contributed by atoms with van der Waals surface area (Å²) in [6.07, 6.45) is 2.08. The fourth-order valence-electron chi connectivity index (χ4n) is 3.88. The smallest absolute Gasteiger partial charge is 0.335 e. The average molecular weight is 438 g/mol. The second-order valence-electron chi connectivity index (χ2n) is 8.15. The van der Waals surface area contributed by atoms with Crippen molar-refractivity contribution in [1.29, 1.82) is 0 Å². The van der Waals surface area contributed by atoms with E-state index in [0.717, 1.165) is 40.7 Å². The number of carboxylic acids is 1. The molecule has 0 heterocycles. The van der Waals surface area contributed by atoms with Gasteiger partial charge < -0.3 is 9.84 Å². The van der Waals surface area contributed by atoms with E-state index in [1.165, 1.54) is 5.56 Å². The van der Waals surface area contributed by atoms with Gasteiger partial charge in [-0.15, -0.1) is 0 Å². The standard InChI is InChI=1S/C29H27NO3/c1-30(19-23-8-3-2-4-9-23)20-24(18-22-14-16-26(17-15-22)29(31)32)21-33-28-13-7-11-25-10-5-6-12-27(25)28/h2-18H,19-21H2,1H3,(H,31,32). The van der Waals surface area contributed by atoms with Crippen LogP contribution in [0.15, 0.2) is 103 Å². The van der Waals surface area contributed by atoms with Gasteiger partial charge in [-0.05, 0) is 47.3 Å². The number of carboxylic acid groups (broad SMARTS) is 1. The van der Waals surface area contributed by atoms with E-state index >= 15 is 0 Å². The predicted octanol–water partition coefficient (Wildman–Crippen LogP) is 6.13. The lowest BCUT2D eigenvalue weighted by Crippen LogP contribution is -2.23. The van der Waals surface area contributed by atoms with Crippen molar-refractivity contribution in [1.82, 2.24) is 4.90 Å². The summed E-state index contributed by atoms with van der Waals surface area (Å²) >= 11 is 0. The first kappa shape index (κ1) is 22.3. The summed E-state index contributed by atoms with van der Waals surface area (Å²) in [5.74, 6) is -0.0708. The van der Waals surface area contributed by atoms with Crippen LogP contribution in [0.3, 0.4) is 0 Å². The second kappa shape index (κ2) is 10.6. The van der Waals surface area contributed by atoms with Gasteiger partial charge in [0.15, 0.2) is 0 Å². The van der Waals surface area contributed by atoms with E-state index in [-0.39, 0.29) is 5.56 Å². The van der Waals surface area contributed by atoms with Crippen LogP contribution in [0, 0.1) is 0 Å². The highest BCUT2D eigenvalue weighted by Gasteiger charge is 2.09. The summed E-state index contributed by atoms with van der Waals surface area (Å²) in [5.41, 5.74) is 3.58. The van der Waals surface area contributed by atoms with Crippen LogP contribution in [-0.4, -0.2) is 36.2 Å². The number of hydrogen-bond donors (Lipinski definition) is 1. The normalized spacial score (nSPS) is 11.6. The number of likely N-dealkylation sites (N-methyl/N-ethyl adjacent to an activating group) is 1. The van der Waals surface area contributed by atoms with Crippen LogP contribution in [0.4, 0.5) is 0 Å². The third-order valence-corrected chi connectivity index (χ3v) is 5.46. The quantitative estimate of drug-likeness (QED) is 0.342. The minimum absolute atomic E-state index is 0.280. The van der Waals surface area contributed by atoms with Crippen LogP contribution in [-0.2, 0) is 6.54 Å². The van der Waals surface area contributed by atoms with E-state index in [1.807, 2.05) is 54.6 Å². The molecule has 0 aliphatic heterocycles. The number of hydrogen-bond acceptors (Lipinski definition) is 3. The van der Waals surface area contributed by atoms with E-state index in [1.54, 1.807) is 12.1 Å². The Hall–Kier alpha value is -3.89. The van der Waals surface area contributed by atoms with Gasteiger partial charge in [-0.2, -0.15) is 0 Å². The summed E-state index contributed by atoms with van der Waals surface area (Å²) in [6.45, 7) is 1.98. The molecule has 33 heavy (non-hydrogen) atoms. The highest BCUT2D eigenvalue weighted by atomic mass is 16.5. The molecule has 0 saturated carbocycles. The molecule has 1 N–H and O–H groups in total. The van der Waals surface area contributed by atoms with Crippen molar-refractivity contribution in [2.45, 2.75) is 6.54 Å². The maximum Gasteiger partial charge on any atom is 0.335 e. The Bertz CT molecular complexity index is 1240. The summed E-state index contributed by atoms with van der Waals surface area (Å²) in [7, 11) is 2.09. The maximum atomic E-state index is 11.2. The lowest BCUT2D eigenvalue weighted by atomic mass is 10.1. The monoisotopic (exact) mass is 437 g/mol. The number of rotatable bonds is 9. The first-order valence-electron chi connectivity index (χ1n) is 10.9. The van der Waals surface area contributed by atoms with Crippen LogP contribution in [0.25, 0.3) is 16.8 Å². The fraction of sp³-hybridized carbons (Fsp3) is 0.138. The molecule has 4 heteroatoms. The molecule has 0 radical (unpaired) electrons. The van der Waals surface area contributed by atoms with Crippen LogP contribution in [0.5, 0.6) is 5.75 Å². The van der Waals surface area contributed by atoms with E-state index in [4.69, 9.17) is 4.74 Å². The Balaban J connectivity index is 1.55. The predicted molar refractivity (Wildman–Crippen MR) is 134 cm³/mol. The van der Waals surface area contributed by atoms with Crippen LogP contribution >= 0.6 is 0 Å². The molecule has 4 aromatic rings. The zero-order chi connectivity index (χ0) is 23.0. The lowest BCUT2D eigenvalue weighted by Gasteiger charge is -2.20. The molecule has 4 nitrogen and oxygen atoms in total. The number of ether oxygens (including phenoxy) is 1. The van der Waals surface area contributed by atoms with Gasteiger partial charge in [0.2, 0.25) is 0 Å². The summed E-state index contributed by atoms with van der Waals surface area (Å²) in [5, 5.41) is 11.4. The number of carbonyl (C=O) groups is 1. The average Bonchev–Trinajstić information content (AvgIpc) is 2.83. The minimum Gasteiger partial charge on any atom is -0.489 e. The molecule has 0 unspecified atom stereocenters. The molecule has 0 aliphatic carbocycles. The lowest BCUT2D eigenvalue weighted by molar-refractivity contribution is 0.0697. The topological polar surface area (TPSA) is 49.8 Å². The van der Waals surface area contributed by atoms with Crippen molar-refractivity contribution in [2.24, 2.45) is 0 Å². The molecular weight excluding hydrogens is 410 g/mol. The number of aromatic carboxylic acids is 1. The van der Waals surface area contributed by atoms with Crippen LogP contribution in [0.1, 0.15) is 21.5 Å². The van der Waals surface area contributed by atoms with Crippen molar-refractivity contribution in [3.05, 3.63) is 119 Å². The largest absolute Gasteiger partial charge is 0.489 e. The fourth-order valence-corrected chi connectivity index (χ4v) is 3.88. The zero-order valence-electron chi connectivity index (χ0n) is 18.6. The first-order valence-corrected chi connectivity index (χ1v) is 10.9. The maximum absolute atomic E-state index is 11.2. The number of fused-ring (bicyclic) bond motifs is 1. The zero-order valence-corrected chi connectivity index (χ0v) is 18.6. The highest BCUT2D eigenvalue weighted by molar-refractivity contribution is 5.88. The Labute approximate surface area is 194 Å². The minimum atomic E-state index is -0.923. The molecule has 0 spiro atoms. The summed E-state index contributed by atoms with van der Waals surface area (Å²) in [4.78, 5) is 13.4. The molecule has 0 aliphatic rings. The molecule has 166 valence electrons. The summed E-state index contributed by atoms with van der Waals surface area (Å²) in [6, 6.07) is 31.6. The molecule has 4 aromatic carbocycles. The summed E-state index contributed by atoms with van der Waals surface area (Å²) < 4.78 is 6.28. The van der Waals surface area contributed by atoms with Gasteiger partial charge >= 0.3 is 5.97 Å². The van der Waals surface area contributed by atoms with E-state index < -0.39 is 5.97 Å². The van der Waals surface area contributed by atoms with Crippen LogP contribution in [0.2, 0.25) is 0 Å². The SMILES string of the molecule is CN(CC(=Cc1ccc(C(=O)O)cc1)COc1cccc2ccccc12)Cc1ccccc1. The molecular formula is C29H27NO3. The van der Waals surface area contributed by atoms with Gasteiger partial charge in [0.25, 0.3) is 0 Å². The van der Waals surface area contributed by atoms with Crippen molar-refractivity contribution in [2.75, 3.05) is 20.2 Å². The van der Waals surface area contributed by atoms with Gasteiger partial charge in [-0.1, -0.05) is 84.9 Å².